The molecule has 100 valence electrons. The molecule has 1 N–H and O–H groups in total. The fraction of sp³-hybridized carbons (Fsp3) is 0.125. The molecule has 0 unspecified atom stereocenters. The zero-order valence-corrected chi connectivity index (χ0v) is 12.0. The first-order valence-corrected chi connectivity index (χ1v) is 7.11. The highest BCUT2D eigenvalue weighted by Crippen LogP contribution is 2.33. The van der Waals surface area contributed by atoms with Gasteiger partial charge in [0, 0.05) is 9.79 Å². The Morgan fingerprint density at radius 3 is 2.35 bits per heavy atom. The van der Waals surface area contributed by atoms with Gasteiger partial charge in [0.05, 0.1) is 11.3 Å². The van der Waals surface area contributed by atoms with Crippen LogP contribution in [0.4, 0.5) is 5.69 Å². The third kappa shape index (κ3) is 2.23. The second kappa shape index (κ2) is 4.80. The van der Waals surface area contributed by atoms with Gasteiger partial charge >= 0.3 is 0 Å². The van der Waals surface area contributed by atoms with E-state index >= 15 is 0 Å². The molecule has 0 saturated carbocycles. The summed E-state index contributed by atoms with van der Waals surface area (Å²) >= 11 is 1.62. The lowest BCUT2D eigenvalue weighted by Gasteiger charge is -2.06. The van der Waals surface area contributed by atoms with Crippen LogP contribution < -0.4 is 5.32 Å². The second-order valence-electron chi connectivity index (χ2n) is 4.84. The van der Waals surface area contributed by atoms with E-state index in [2.05, 4.69) is 37.4 Å². The molecule has 0 bridgehead atoms. The molecule has 0 fully saturated rings. The lowest BCUT2D eigenvalue weighted by molar-refractivity contribution is -0.112. The van der Waals surface area contributed by atoms with Crippen molar-refractivity contribution in [2.45, 2.75) is 23.6 Å². The molecule has 4 heteroatoms. The van der Waals surface area contributed by atoms with Crippen LogP contribution in [0.25, 0.3) is 0 Å². The SMILES string of the molecule is Cc1ccc(Sc2ccc3c(c2)NC(=O)C3=O)cc1C. The molecule has 1 heterocycles. The molecule has 20 heavy (non-hydrogen) atoms. The van der Waals surface area contributed by atoms with E-state index in [1.165, 1.54) is 11.1 Å². The summed E-state index contributed by atoms with van der Waals surface area (Å²) in [6.45, 7) is 4.17. The Hall–Kier alpha value is -2.07. The minimum absolute atomic E-state index is 0.456. The van der Waals surface area contributed by atoms with Crippen LogP contribution in [-0.2, 0) is 4.79 Å². The molecule has 2 aromatic carbocycles. The van der Waals surface area contributed by atoms with Crippen molar-refractivity contribution in [3.63, 3.8) is 0 Å². The highest BCUT2D eigenvalue weighted by Gasteiger charge is 2.27. The number of carbonyl (C=O) groups excluding carboxylic acids is 2. The molecule has 2 aromatic rings. The maximum Gasteiger partial charge on any atom is 0.296 e. The zero-order valence-electron chi connectivity index (χ0n) is 11.2. The molecule has 1 amide bonds. The van der Waals surface area contributed by atoms with E-state index in [0.717, 1.165) is 9.79 Å². The van der Waals surface area contributed by atoms with Gasteiger partial charge < -0.3 is 5.32 Å². The van der Waals surface area contributed by atoms with Gasteiger partial charge in [-0.15, -0.1) is 0 Å². The smallest absolute Gasteiger partial charge is 0.296 e. The van der Waals surface area contributed by atoms with Gasteiger partial charge in [-0.1, -0.05) is 17.8 Å². The quantitative estimate of drug-likeness (QED) is 0.857. The number of rotatable bonds is 2. The van der Waals surface area contributed by atoms with E-state index in [9.17, 15) is 9.59 Å². The molecule has 0 aliphatic carbocycles. The highest BCUT2D eigenvalue weighted by atomic mass is 32.2. The van der Waals surface area contributed by atoms with E-state index in [0.29, 0.717) is 11.3 Å². The van der Waals surface area contributed by atoms with E-state index in [1.54, 1.807) is 17.8 Å². The van der Waals surface area contributed by atoms with E-state index in [1.807, 2.05) is 12.1 Å². The standard InChI is InChI=1S/C16H13NO2S/c1-9-3-4-11(7-10(9)2)20-12-5-6-13-14(8-12)17-16(19)15(13)18/h3-8H,1-2H3,(H,17,18,19). The number of carbonyl (C=O) groups is 2. The topological polar surface area (TPSA) is 46.2 Å². The maximum atomic E-state index is 11.5. The maximum absolute atomic E-state index is 11.5. The van der Waals surface area contributed by atoms with Crippen molar-refractivity contribution < 1.29 is 9.59 Å². The van der Waals surface area contributed by atoms with Crippen LogP contribution in [0.1, 0.15) is 21.5 Å². The summed E-state index contributed by atoms with van der Waals surface area (Å²) < 4.78 is 0. The molecular formula is C16H13NO2S. The van der Waals surface area contributed by atoms with Gasteiger partial charge in [-0.2, -0.15) is 0 Å². The zero-order chi connectivity index (χ0) is 14.3. The molecule has 0 spiro atoms. The number of benzene rings is 2. The molecule has 0 atom stereocenters. The fourth-order valence-corrected chi connectivity index (χ4v) is 3.06. The number of hydrogen-bond donors (Lipinski definition) is 1. The number of ketones is 1. The average molecular weight is 283 g/mol. The number of hydrogen-bond acceptors (Lipinski definition) is 3. The summed E-state index contributed by atoms with van der Waals surface area (Å²) in [5.74, 6) is -1.00. The lowest BCUT2D eigenvalue weighted by Crippen LogP contribution is -2.12. The Balaban J connectivity index is 1.89. The number of fused-ring (bicyclic) bond motifs is 1. The van der Waals surface area contributed by atoms with E-state index in [-0.39, 0.29) is 0 Å². The molecule has 0 radical (unpaired) electrons. The Morgan fingerprint density at radius 1 is 0.900 bits per heavy atom. The predicted octanol–water partition coefficient (Wildman–Crippen LogP) is 3.59. The van der Waals surface area contributed by atoms with Gasteiger partial charge in [-0.3, -0.25) is 9.59 Å². The van der Waals surface area contributed by atoms with Gasteiger partial charge in [-0.05, 0) is 55.3 Å². The number of anilines is 1. The van der Waals surface area contributed by atoms with Crippen LogP contribution in [0, 0.1) is 13.8 Å². The van der Waals surface area contributed by atoms with Gasteiger partial charge in [0.2, 0.25) is 0 Å². The summed E-state index contributed by atoms with van der Waals surface area (Å²) in [6, 6.07) is 11.7. The Bertz CT molecular complexity index is 737. The van der Waals surface area contributed by atoms with Crippen molar-refractivity contribution in [2.24, 2.45) is 0 Å². The van der Waals surface area contributed by atoms with Crippen LogP contribution in [0.5, 0.6) is 0 Å². The van der Waals surface area contributed by atoms with Crippen LogP contribution in [0.2, 0.25) is 0 Å². The van der Waals surface area contributed by atoms with Crippen LogP contribution >= 0.6 is 11.8 Å². The first kappa shape index (κ1) is 12.9. The number of nitrogens with one attached hydrogen (secondary N) is 1. The summed E-state index contributed by atoms with van der Waals surface area (Å²) in [6.07, 6.45) is 0. The summed E-state index contributed by atoms with van der Waals surface area (Å²) in [7, 11) is 0. The summed E-state index contributed by atoms with van der Waals surface area (Å²) in [5, 5.41) is 2.59. The van der Waals surface area contributed by atoms with Gasteiger partial charge in [0.25, 0.3) is 11.7 Å². The molecular weight excluding hydrogens is 270 g/mol. The number of Topliss-reactive ketones (excluding diaryl/α,β-unsaturated/α-hetero) is 1. The first-order valence-electron chi connectivity index (χ1n) is 6.29. The summed E-state index contributed by atoms with van der Waals surface area (Å²) in [4.78, 5) is 25.0. The average Bonchev–Trinajstić information content (AvgIpc) is 2.69. The third-order valence-corrected chi connectivity index (χ3v) is 4.38. The fourth-order valence-electron chi connectivity index (χ4n) is 2.10. The molecule has 1 aliphatic rings. The molecule has 1 aliphatic heterocycles. The summed E-state index contributed by atoms with van der Waals surface area (Å²) in [5.41, 5.74) is 3.58. The van der Waals surface area contributed by atoms with E-state index in [4.69, 9.17) is 0 Å². The first-order chi connectivity index (χ1) is 9.54. The van der Waals surface area contributed by atoms with E-state index < -0.39 is 11.7 Å². The number of aryl methyl sites for hydroxylation is 2. The van der Waals surface area contributed by atoms with Crippen molar-refractivity contribution in [1.82, 2.24) is 0 Å². The van der Waals surface area contributed by atoms with Crippen molar-refractivity contribution >= 4 is 29.1 Å². The highest BCUT2D eigenvalue weighted by molar-refractivity contribution is 7.99. The molecule has 3 rings (SSSR count). The Kier molecular flexibility index (Phi) is 3.10. The van der Waals surface area contributed by atoms with Gasteiger partial charge in [-0.25, -0.2) is 0 Å². The Labute approximate surface area is 121 Å². The largest absolute Gasteiger partial charge is 0.318 e. The number of amides is 1. The minimum atomic E-state index is -0.548. The molecule has 0 aromatic heterocycles. The van der Waals surface area contributed by atoms with Crippen molar-refractivity contribution in [3.05, 3.63) is 53.1 Å². The van der Waals surface area contributed by atoms with Crippen molar-refractivity contribution in [3.8, 4) is 0 Å². The van der Waals surface area contributed by atoms with Crippen LogP contribution in [0.15, 0.2) is 46.2 Å². The molecule has 0 saturated heterocycles. The second-order valence-corrected chi connectivity index (χ2v) is 5.99. The van der Waals surface area contributed by atoms with Gasteiger partial charge in [0.15, 0.2) is 0 Å². The van der Waals surface area contributed by atoms with Crippen molar-refractivity contribution in [1.29, 1.82) is 0 Å². The monoisotopic (exact) mass is 283 g/mol. The normalized spacial score (nSPS) is 13.3. The third-order valence-electron chi connectivity index (χ3n) is 3.40. The Morgan fingerprint density at radius 2 is 1.60 bits per heavy atom. The van der Waals surface area contributed by atoms with Crippen LogP contribution in [-0.4, -0.2) is 11.7 Å². The lowest BCUT2D eigenvalue weighted by atomic mass is 10.1. The molecule has 3 nitrogen and oxygen atoms in total. The minimum Gasteiger partial charge on any atom is -0.318 e. The van der Waals surface area contributed by atoms with Gasteiger partial charge in [0.1, 0.15) is 0 Å². The predicted molar refractivity (Wildman–Crippen MR) is 79.4 cm³/mol. The van der Waals surface area contributed by atoms with Crippen LogP contribution in [0.3, 0.4) is 0 Å². The van der Waals surface area contributed by atoms with Crippen molar-refractivity contribution in [2.75, 3.05) is 5.32 Å².